The van der Waals surface area contributed by atoms with Crippen LogP contribution in [-0.4, -0.2) is 28.0 Å². The SMILES string of the molecule is COc1ccc(-n2cc(C(=O)Nc3ccc(F)c(F)c3)nn2)cc1. The number of halogens is 2. The van der Waals surface area contributed by atoms with Crippen molar-refractivity contribution in [3.63, 3.8) is 0 Å². The summed E-state index contributed by atoms with van der Waals surface area (Å²) in [5.41, 5.74) is 0.851. The van der Waals surface area contributed by atoms with Crippen LogP contribution in [0.2, 0.25) is 0 Å². The van der Waals surface area contributed by atoms with Gasteiger partial charge in [0.15, 0.2) is 17.3 Å². The number of methoxy groups -OCH3 is 1. The predicted molar refractivity (Wildman–Crippen MR) is 82.2 cm³/mol. The summed E-state index contributed by atoms with van der Waals surface area (Å²) in [6.45, 7) is 0. The molecule has 0 fully saturated rings. The van der Waals surface area contributed by atoms with Crippen molar-refractivity contribution in [1.82, 2.24) is 15.0 Å². The molecule has 0 saturated carbocycles. The van der Waals surface area contributed by atoms with Crippen molar-refractivity contribution >= 4 is 11.6 Å². The summed E-state index contributed by atoms with van der Waals surface area (Å²) in [6.07, 6.45) is 1.43. The van der Waals surface area contributed by atoms with Crippen LogP contribution in [0.5, 0.6) is 5.75 Å². The molecule has 6 nitrogen and oxygen atoms in total. The van der Waals surface area contributed by atoms with Gasteiger partial charge < -0.3 is 10.1 Å². The second-order valence-electron chi connectivity index (χ2n) is 4.83. The van der Waals surface area contributed by atoms with Gasteiger partial charge in [-0.05, 0) is 36.4 Å². The fourth-order valence-corrected chi connectivity index (χ4v) is 2.00. The first-order chi connectivity index (χ1) is 11.6. The minimum atomic E-state index is -1.05. The van der Waals surface area contributed by atoms with E-state index in [0.717, 1.165) is 12.1 Å². The molecule has 0 unspecified atom stereocenters. The summed E-state index contributed by atoms with van der Waals surface area (Å²) in [4.78, 5) is 12.1. The number of hydrogen-bond acceptors (Lipinski definition) is 4. The predicted octanol–water partition coefficient (Wildman–Crippen LogP) is 2.81. The Kier molecular flexibility index (Phi) is 4.19. The van der Waals surface area contributed by atoms with Crippen LogP contribution >= 0.6 is 0 Å². The molecule has 0 saturated heterocycles. The lowest BCUT2D eigenvalue weighted by molar-refractivity contribution is 0.102. The quantitative estimate of drug-likeness (QED) is 0.799. The summed E-state index contributed by atoms with van der Waals surface area (Å²) in [5.74, 6) is -1.93. The van der Waals surface area contributed by atoms with E-state index in [9.17, 15) is 13.6 Å². The van der Waals surface area contributed by atoms with Gasteiger partial charge in [-0.2, -0.15) is 0 Å². The highest BCUT2D eigenvalue weighted by molar-refractivity contribution is 6.02. The lowest BCUT2D eigenvalue weighted by Gasteiger charge is -2.03. The molecular weight excluding hydrogens is 318 g/mol. The Labute approximate surface area is 135 Å². The van der Waals surface area contributed by atoms with Crippen molar-refractivity contribution in [2.45, 2.75) is 0 Å². The first kappa shape index (κ1) is 15.6. The van der Waals surface area contributed by atoms with Gasteiger partial charge in [0, 0.05) is 11.8 Å². The van der Waals surface area contributed by atoms with Crippen LogP contribution in [0, 0.1) is 11.6 Å². The van der Waals surface area contributed by atoms with Crippen molar-refractivity contribution in [1.29, 1.82) is 0 Å². The van der Waals surface area contributed by atoms with Crippen LogP contribution in [0.1, 0.15) is 10.5 Å². The van der Waals surface area contributed by atoms with E-state index in [1.165, 1.54) is 16.9 Å². The van der Waals surface area contributed by atoms with E-state index in [-0.39, 0.29) is 11.4 Å². The molecule has 3 rings (SSSR count). The van der Waals surface area contributed by atoms with Gasteiger partial charge in [-0.3, -0.25) is 4.79 Å². The number of hydrogen-bond donors (Lipinski definition) is 1. The molecule has 8 heteroatoms. The standard InChI is InChI=1S/C16H12F2N4O2/c1-24-12-5-3-11(4-6-12)22-9-15(20-21-22)16(23)19-10-2-7-13(17)14(18)8-10/h2-9H,1H3,(H,19,23). The molecule has 0 aliphatic rings. The highest BCUT2D eigenvalue weighted by atomic mass is 19.2. The second-order valence-corrected chi connectivity index (χ2v) is 4.83. The number of ether oxygens (including phenoxy) is 1. The van der Waals surface area contributed by atoms with Gasteiger partial charge in [0.2, 0.25) is 0 Å². The number of carbonyl (C=O) groups is 1. The molecule has 3 aromatic rings. The zero-order valence-electron chi connectivity index (χ0n) is 12.5. The molecule has 1 amide bonds. The van der Waals surface area contributed by atoms with Crippen LogP contribution in [-0.2, 0) is 0 Å². The minimum Gasteiger partial charge on any atom is -0.497 e. The second kappa shape index (κ2) is 6.45. The van der Waals surface area contributed by atoms with Gasteiger partial charge >= 0.3 is 0 Å². The zero-order valence-corrected chi connectivity index (χ0v) is 12.5. The molecule has 0 spiro atoms. The van der Waals surface area contributed by atoms with Crippen molar-refractivity contribution in [3.8, 4) is 11.4 Å². The van der Waals surface area contributed by atoms with Crippen molar-refractivity contribution in [3.05, 3.63) is 66.0 Å². The maximum absolute atomic E-state index is 13.2. The molecule has 0 bridgehead atoms. The molecule has 122 valence electrons. The van der Waals surface area contributed by atoms with E-state index in [1.807, 2.05) is 0 Å². The van der Waals surface area contributed by atoms with Crippen LogP contribution in [0.4, 0.5) is 14.5 Å². The molecule has 0 atom stereocenters. The molecule has 0 aliphatic heterocycles. The fraction of sp³-hybridized carbons (Fsp3) is 0.0625. The smallest absolute Gasteiger partial charge is 0.277 e. The van der Waals surface area contributed by atoms with Crippen LogP contribution < -0.4 is 10.1 Å². The molecule has 1 aromatic heterocycles. The average molecular weight is 330 g/mol. The fourth-order valence-electron chi connectivity index (χ4n) is 2.00. The summed E-state index contributed by atoms with van der Waals surface area (Å²) >= 11 is 0. The summed E-state index contributed by atoms with van der Waals surface area (Å²) in [5, 5.41) is 10.1. The van der Waals surface area contributed by atoms with E-state index in [2.05, 4.69) is 15.6 Å². The largest absolute Gasteiger partial charge is 0.497 e. The first-order valence-corrected chi connectivity index (χ1v) is 6.90. The Morgan fingerprint density at radius 2 is 1.88 bits per heavy atom. The normalized spacial score (nSPS) is 10.5. The summed E-state index contributed by atoms with van der Waals surface area (Å²) in [7, 11) is 1.56. The third-order valence-corrected chi connectivity index (χ3v) is 3.24. The monoisotopic (exact) mass is 330 g/mol. The number of nitrogens with zero attached hydrogens (tertiary/aromatic N) is 3. The van der Waals surface area contributed by atoms with E-state index in [4.69, 9.17) is 4.74 Å². The Hall–Kier alpha value is -3.29. The van der Waals surface area contributed by atoms with E-state index in [1.54, 1.807) is 31.4 Å². The van der Waals surface area contributed by atoms with Gasteiger partial charge in [0.05, 0.1) is 19.0 Å². The van der Waals surface area contributed by atoms with Gasteiger partial charge in [-0.25, -0.2) is 13.5 Å². The van der Waals surface area contributed by atoms with Crippen molar-refractivity contribution in [2.75, 3.05) is 12.4 Å². The minimum absolute atomic E-state index is 0.0375. The highest BCUT2D eigenvalue weighted by Crippen LogP contribution is 2.16. The Bertz CT molecular complexity index is 878. The number of nitrogens with one attached hydrogen (secondary N) is 1. The van der Waals surface area contributed by atoms with Crippen LogP contribution in [0.15, 0.2) is 48.7 Å². The van der Waals surface area contributed by atoms with Crippen molar-refractivity contribution < 1.29 is 18.3 Å². The highest BCUT2D eigenvalue weighted by Gasteiger charge is 2.13. The third kappa shape index (κ3) is 3.22. The van der Waals surface area contributed by atoms with E-state index < -0.39 is 17.5 Å². The maximum atomic E-state index is 13.2. The summed E-state index contributed by atoms with van der Waals surface area (Å²) < 4.78 is 32.5. The maximum Gasteiger partial charge on any atom is 0.277 e. The number of amides is 1. The van der Waals surface area contributed by atoms with Gasteiger partial charge in [0.1, 0.15) is 5.75 Å². The Balaban J connectivity index is 1.76. The van der Waals surface area contributed by atoms with Crippen LogP contribution in [0.3, 0.4) is 0 Å². The van der Waals surface area contributed by atoms with Crippen molar-refractivity contribution in [2.24, 2.45) is 0 Å². The number of anilines is 1. The molecular formula is C16H12F2N4O2. The molecule has 0 radical (unpaired) electrons. The molecule has 1 heterocycles. The average Bonchev–Trinajstić information content (AvgIpc) is 3.08. The molecule has 0 aliphatic carbocycles. The van der Waals surface area contributed by atoms with Gasteiger partial charge in [-0.1, -0.05) is 5.21 Å². The number of aromatic nitrogens is 3. The Morgan fingerprint density at radius 1 is 1.12 bits per heavy atom. The summed E-state index contributed by atoms with van der Waals surface area (Å²) in [6, 6.07) is 10.1. The molecule has 2 aromatic carbocycles. The van der Waals surface area contributed by atoms with Gasteiger partial charge in [-0.15, -0.1) is 5.10 Å². The molecule has 1 N–H and O–H groups in total. The van der Waals surface area contributed by atoms with Crippen LogP contribution in [0.25, 0.3) is 5.69 Å². The van der Waals surface area contributed by atoms with Gasteiger partial charge in [0.25, 0.3) is 5.91 Å². The van der Waals surface area contributed by atoms with E-state index in [0.29, 0.717) is 11.4 Å². The third-order valence-electron chi connectivity index (χ3n) is 3.24. The lowest BCUT2D eigenvalue weighted by Crippen LogP contribution is -2.12. The Morgan fingerprint density at radius 3 is 2.54 bits per heavy atom. The first-order valence-electron chi connectivity index (χ1n) is 6.90. The topological polar surface area (TPSA) is 69.0 Å². The molecule has 24 heavy (non-hydrogen) atoms. The number of carbonyl (C=O) groups excluding carboxylic acids is 1. The number of rotatable bonds is 4. The number of benzene rings is 2. The lowest BCUT2D eigenvalue weighted by atomic mass is 10.3. The zero-order chi connectivity index (χ0) is 17.1. The van der Waals surface area contributed by atoms with E-state index >= 15 is 0 Å².